The molecule has 5 heteroatoms. The molecule has 0 saturated carbocycles. The summed E-state index contributed by atoms with van der Waals surface area (Å²) < 4.78 is 29.3. The third-order valence-electron chi connectivity index (χ3n) is 3.40. The zero-order valence-electron chi connectivity index (χ0n) is 14.5. The summed E-state index contributed by atoms with van der Waals surface area (Å²) in [6.45, 7) is 7.85. The van der Waals surface area contributed by atoms with E-state index in [9.17, 15) is 8.78 Å². The number of benzene rings is 1. The molecule has 0 saturated heterocycles. The summed E-state index contributed by atoms with van der Waals surface area (Å²) in [7, 11) is 4.13. The maximum Gasteiger partial charge on any atom is 0.387 e. The molecule has 0 fully saturated rings. The van der Waals surface area contributed by atoms with Gasteiger partial charge in [0, 0.05) is 19.6 Å². The Hall–Kier alpha value is -1.20. The highest BCUT2D eigenvalue weighted by atomic mass is 19.3. The van der Waals surface area contributed by atoms with Crippen LogP contribution in [0.15, 0.2) is 12.1 Å². The molecule has 1 N–H and O–H groups in total. The zero-order valence-corrected chi connectivity index (χ0v) is 14.5. The van der Waals surface area contributed by atoms with Gasteiger partial charge in [0.2, 0.25) is 0 Å². The first-order chi connectivity index (χ1) is 10.1. The zero-order chi connectivity index (χ0) is 16.9. The van der Waals surface area contributed by atoms with Crippen LogP contribution in [-0.4, -0.2) is 38.7 Å². The van der Waals surface area contributed by atoms with Gasteiger partial charge in [-0.25, -0.2) is 0 Å². The Morgan fingerprint density at radius 2 is 1.73 bits per heavy atom. The number of nitrogens with one attached hydrogen (secondary N) is 1. The first kappa shape index (κ1) is 18.8. The number of rotatable bonds is 8. The van der Waals surface area contributed by atoms with Gasteiger partial charge in [-0.3, -0.25) is 0 Å². The number of alkyl halides is 2. The van der Waals surface area contributed by atoms with Gasteiger partial charge in [-0.1, -0.05) is 26.0 Å². The van der Waals surface area contributed by atoms with Crippen LogP contribution >= 0.6 is 0 Å². The fourth-order valence-electron chi connectivity index (χ4n) is 2.87. The van der Waals surface area contributed by atoms with E-state index in [1.807, 2.05) is 12.1 Å². The molecule has 126 valence electrons. The second kappa shape index (κ2) is 7.88. The molecule has 0 radical (unpaired) electrons. The SMILES string of the molecule is Cc1cc(CNCC(C)(C)CN(C)C)cc(C)c1OC(F)F. The van der Waals surface area contributed by atoms with Gasteiger partial charge in [0.25, 0.3) is 0 Å². The Bertz CT molecular complexity index is 465. The maximum atomic E-state index is 12.4. The van der Waals surface area contributed by atoms with Crippen molar-refractivity contribution in [2.45, 2.75) is 40.9 Å². The predicted octanol–water partition coefficient (Wildman–Crippen LogP) is 3.58. The van der Waals surface area contributed by atoms with Crippen molar-refractivity contribution in [1.82, 2.24) is 10.2 Å². The van der Waals surface area contributed by atoms with Gasteiger partial charge in [-0.2, -0.15) is 8.78 Å². The first-order valence-electron chi connectivity index (χ1n) is 7.51. The van der Waals surface area contributed by atoms with E-state index in [1.165, 1.54) is 0 Å². The number of aryl methyl sites for hydroxylation is 2. The molecule has 0 heterocycles. The van der Waals surface area contributed by atoms with Crippen LogP contribution in [0.4, 0.5) is 8.78 Å². The summed E-state index contributed by atoms with van der Waals surface area (Å²) in [6.07, 6.45) is 0. The summed E-state index contributed by atoms with van der Waals surface area (Å²) in [5, 5.41) is 3.45. The lowest BCUT2D eigenvalue weighted by molar-refractivity contribution is -0.0507. The van der Waals surface area contributed by atoms with E-state index in [0.29, 0.717) is 6.54 Å². The van der Waals surface area contributed by atoms with E-state index >= 15 is 0 Å². The van der Waals surface area contributed by atoms with Gasteiger partial charge < -0.3 is 15.0 Å². The van der Waals surface area contributed by atoms with Crippen LogP contribution in [0.5, 0.6) is 5.75 Å². The van der Waals surface area contributed by atoms with Gasteiger partial charge in [0.1, 0.15) is 5.75 Å². The van der Waals surface area contributed by atoms with E-state index in [4.69, 9.17) is 0 Å². The predicted molar refractivity (Wildman–Crippen MR) is 86.6 cm³/mol. The van der Waals surface area contributed by atoms with E-state index in [1.54, 1.807) is 13.8 Å². The molecule has 0 amide bonds. The molecule has 1 aromatic rings. The highest BCUT2D eigenvalue weighted by Gasteiger charge is 2.18. The third kappa shape index (κ3) is 6.28. The Labute approximate surface area is 132 Å². The molecule has 0 unspecified atom stereocenters. The van der Waals surface area contributed by atoms with Crippen LogP contribution in [0.3, 0.4) is 0 Å². The van der Waals surface area contributed by atoms with Gasteiger partial charge >= 0.3 is 6.61 Å². The van der Waals surface area contributed by atoms with Gasteiger partial charge in [0.05, 0.1) is 0 Å². The topological polar surface area (TPSA) is 24.5 Å². The van der Waals surface area contributed by atoms with Gasteiger partial charge in [0.15, 0.2) is 0 Å². The van der Waals surface area contributed by atoms with Crippen molar-refractivity contribution in [2.75, 3.05) is 27.2 Å². The number of hydrogen-bond donors (Lipinski definition) is 1. The highest BCUT2D eigenvalue weighted by Crippen LogP contribution is 2.26. The fourth-order valence-corrected chi connectivity index (χ4v) is 2.87. The van der Waals surface area contributed by atoms with Crippen molar-refractivity contribution in [3.63, 3.8) is 0 Å². The summed E-state index contributed by atoms with van der Waals surface area (Å²) in [5.74, 6) is 0.284. The molecule has 0 aliphatic heterocycles. The van der Waals surface area contributed by atoms with Gasteiger partial charge in [-0.05, 0) is 50.0 Å². The number of nitrogens with zero attached hydrogens (tertiary/aromatic N) is 1. The lowest BCUT2D eigenvalue weighted by Crippen LogP contribution is -2.37. The first-order valence-corrected chi connectivity index (χ1v) is 7.51. The van der Waals surface area contributed by atoms with Crippen molar-refractivity contribution < 1.29 is 13.5 Å². The lowest BCUT2D eigenvalue weighted by atomic mass is 9.93. The summed E-state index contributed by atoms with van der Waals surface area (Å²) in [4.78, 5) is 2.17. The van der Waals surface area contributed by atoms with E-state index < -0.39 is 6.61 Å². The van der Waals surface area contributed by atoms with Gasteiger partial charge in [-0.15, -0.1) is 0 Å². The minimum Gasteiger partial charge on any atom is -0.434 e. The van der Waals surface area contributed by atoms with E-state index in [0.717, 1.165) is 29.8 Å². The van der Waals surface area contributed by atoms with Crippen LogP contribution in [0.1, 0.15) is 30.5 Å². The van der Waals surface area contributed by atoms with Crippen LogP contribution < -0.4 is 10.1 Å². The van der Waals surface area contributed by atoms with Crippen LogP contribution in [-0.2, 0) is 6.54 Å². The third-order valence-corrected chi connectivity index (χ3v) is 3.40. The fraction of sp³-hybridized carbons (Fsp3) is 0.647. The van der Waals surface area contributed by atoms with Crippen molar-refractivity contribution >= 4 is 0 Å². The molecule has 22 heavy (non-hydrogen) atoms. The Morgan fingerprint density at radius 3 is 2.18 bits per heavy atom. The molecular formula is C17H28F2N2O. The molecule has 1 rings (SSSR count). The largest absolute Gasteiger partial charge is 0.434 e. The molecule has 0 aromatic heterocycles. The molecule has 0 aliphatic rings. The average Bonchev–Trinajstić information content (AvgIpc) is 2.31. The molecule has 1 aromatic carbocycles. The van der Waals surface area contributed by atoms with Crippen molar-refractivity contribution in [1.29, 1.82) is 0 Å². The molecule has 0 aliphatic carbocycles. The van der Waals surface area contributed by atoms with E-state index in [-0.39, 0.29) is 11.2 Å². The summed E-state index contributed by atoms with van der Waals surface area (Å²) in [6, 6.07) is 3.80. The molecule has 0 spiro atoms. The smallest absolute Gasteiger partial charge is 0.387 e. The van der Waals surface area contributed by atoms with Crippen molar-refractivity contribution in [2.24, 2.45) is 5.41 Å². The Morgan fingerprint density at radius 1 is 1.18 bits per heavy atom. The average molecular weight is 314 g/mol. The van der Waals surface area contributed by atoms with Crippen molar-refractivity contribution in [3.8, 4) is 5.75 Å². The molecule has 0 atom stereocenters. The highest BCUT2D eigenvalue weighted by molar-refractivity contribution is 5.43. The molecule has 0 bridgehead atoms. The summed E-state index contributed by atoms with van der Waals surface area (Å²) in [5.41, 5.74) is 2.73. The monoisotopic (exact) mass is 314 g/mol. The number of hydrogen-bond acceptors (Lipinski definition) is 3. The molecule has 3 nitrogen and oxygen atoms in total. The van der Waals surface area contributed by atoms with Crippen LogP contribution in [0.2, 0.25) is 0 Å². The summed E-state index contributed by atoms with van der Waals surface area (Å²) >= 11 is 0. The quantitative estimate of drug-likeness (QED) is 0.794. The minimum absolute atomic E-state index is 0.173. The van der Waals surface area contributed by atoms with Crippen LogP contribution in [0, 0.1) is 19.3 Å². The number of halogens is 2. The Kier molecular flexibility index (Phi) is 6.75. The minimum atomic E-state index is -2.78. The van der Waals surface area contributed by atoms with Crippen molar-refractivity contribution in [3.05, 3.63) is 28.8 Å². The second-order valence-electron chi connectivity index (χ2n) is 6.94. The second-order valence-corrected chi connectivity index (χ2v) is 6.94. The standard InChI is InChI=1S/C17H28F2N2O/c1-12-7-14(8-13(2)15(12)22-16(18)19)9-20-10-17(3,4)11-21(5)6/h7-8,16,20H,9-11H2,1-6H3. The number of ether oxygens (including phenoxy) is 1. The van der Waals surface area contributed by atoms with Crippen LogP contribution in [0.25, 0.3) is 0 Å². The van der Waals surface area contributed by atoms with E-state index in [2.05, 4.69) is 42.9 Å². The Balaban J connectivity index is 2.64. The lowest BCUT2D eigenvalue weighted by Gasteiger charge is -2.28. The normalized spacial score (nSPS) is 12.3. The maximum absolute atomic E-state index is 12.4. The molecular weight excluding hydrogens is 286 g/mol.